The predicted octanol–water partition coefficient (Wildman–Crippen LogP) is 2.09. The normalized spacial score (nSPS) is 23.6. The van der Waals surface area contributed by atoms with E-state index >= 15 is 0 Å². The first-order valence-electron chi connectivity index (χ1n) is 4.00. The summed E-state index contributed by atoms with van der Waals surface area (Å²) in [6.07, 6.45) is -0.264. The minimum atomic E-state index is -2.49. The summed E-state index contributed by atoms with van der Waals surface area (Å²) in [7, 11) is -2.49. The molecule has 1 unspecified atom stereocenters. The second kappa shape index (κ2) is 3.43. The summed E-state index contributed by atoms with van der Waals surface area (Å²) in [5.74, 6) is 0. The van der Waals surface area contributed by atoms with Gasteiger partial charge in [0.1, 0.15) is 12.7 Å². The summed E-state index contributed by atoms with van der Waals surface area (Å²) in [6.45, 7) is 3.57. The summed E-state index contributed by atoms with van der Waals surface area (Å²) in [6, 6.07) is 0.522. The average Bonchev–Trinajstić information content (AvgIpc) is 2.30. The molecule has 70 valence electrons. The standard InChI is InChI=1S/C7H13FO3Si/c1-12(2,8)4-3-6-5-10-7(9)11-6/h6H,3-5H2,1-2H3. The molecule has 0 N–H and O–H groups in total. The molecule has 1 atom stereocenters. The molecule has 0 aliphatic carbocycles. The molecule has 1 aliphatic rings. The Morgan fingerprint density at radius 1 is 1.67 bits per heavy atom. The van der Waals surface area contributed by atoms with Gasteiger partial charge in [0, 0.05) is 0 Å². The number of rotatable bonds is 3. The first kappa shape index (κ1) is 9.50. The lowest BCUT2D eigenvalue weighted by Gasteiger charge is -2.12. The van der Waals surface area contributed by atoms with E-state index < -0.39 is 14.6 Å². The second-order valence-corrected chi connectivity index (χ2v) is 7.50. The van der Waals surface area contributed by atoms with Gasteiger partial charge < -0.3 is 13.6 Å². The molecule has 1 heterocycles. The van der Waals surface area contributed by atoms with Crippen LogP contribution in [0.15, 0.2) is 0 Å². The summed E-state index contributed by atoms with van der Waals surface area (Å²) in [4.78, 5) is 10.5. The van der Waals surface area contributed by atoms with E-state index in [-0.39, 0.29) is 12.7 Å². The predicted molar refractivity (Wildman–Crippen MR) is 44.2 cm³/mol. The quantitative estimate of drug-likeness (QED) is 0.390. The fourth-order valence-corrected chi connectivity index (χ4v) is 2.02. The molecule has 12 heavy (non-hydrogen) atoms. The largest absolute Gasteiger partial charge is 0.508 e. The van der Waals surface area contributed by atoms with Gasteiger partial charge in [-0.15, -0.1) is 0 Å². The molecule has 1 aliphatic heterocycles. The highest BCUT2D eigenvalue weighted by Gasteiger charge is 2.28. The van der Waals surface area contributed by atoms with Crippen molar-refractivity contribution in [2.45, 2.75) is 31.7 Å². The lowest BCUT2D eigenvalue weighted by atomic mass is 10.3. The minimum Gasteiger partial charge on any atom is -0.430 e. The van der Waals surface area contributed by atoms with Gasteiger partial charge in [-0.3, -0.25) is 0 Å². The van der Waals surface area contributed by atoms with Crippen LogP contribution in [-0.2, 0) is 9.47 Å². The Bertz CT molecular complexity index is 178. The Balaban J connectivity index is 2.20. The Kier molecular flexibility index (Phi) is 2.71. The number of carbonyl (C=O) groups is 1. The average molecular weight is 192 g/mol. The molecule has 0 aromatic carbocycles. The van der Waals surface area contributed by atoms with Gasteiger partial charge >= 0.3 is 6.16 Å². The highest BCUT2D eigenvalue weighted by Crippen LogP contribution is 2.19. The molecule has 0 amide bonds. The van der Waals surface area contributed by atoms with Crippen LogP contribution in [0, 0.1) is 0 Å². The molecule has 1 saturated heterocycles. The molecule has 3 nitrogen and oxygen atoms in total. The van der Waals surface area contributed by atoms with Crippen molar-refractivity contribution in [2.24, 2.45) is 0 Å². The van der Waals surface area contributed by atoms with E-state index in [1.54, 1.807) is 13.1 Å². The van der Waals surface area contributed by atoms with Gasteiger partial charge in [0.05, 0.1) is 0 Å². The monoisotopic (exact) mass is 192 g/mol. The molecular formula is C7H13FO3Si. The van der Waals surface area contributed by atoms with E-state index in [2.05, 4.69) is 4.74 Å². The molecule has 0 aromatic rings. The van der Waals surface area contributed by atoms with Crippen molar-refractivity contribution in [1.82, 2.24) is 0 Å². The van der Waals surface area contributed by atoms with Gasteiger partial charge in [-0.2, -0.15) is 0 Å². The van der Waals surface area contributed by atoms with Gasteiger partial charge in [-0.05, 0) is 25.6 Å². The number of carbonyl (C=O) groups excluding carboxylic acids is 1. The highest BCUT2D eigenvalue weighted by molar-refractivity contribution is 6.70. The number of ether oxygens (including phenoxy) is 2. The van der Waals surface area contributed by atoms with Crippen LogP contribution in [0.4, 0.5) is 8.90 Å². The van der Waals surface area contributed by atoms with E-state index in [0.29, 0.717) is 12.5 Å². The first-order chi connectivity index (χ1) is 5.47. The van der Waals surface area contributed by atoms with Gasteiger partial charge in [0.25, 0.3) is 0 Å². The number of hydrogen-bond donors (Lipinski definition) is 0. The van der Waals surface area contributed by atoms with E-state index in [4.69, 9.17) is 4.74 Å². The summed E-state index contributed by atoms with van der Waals surface area (Å²) < 4.78 is 22.4. The van der Waals surface area contributed by atoms with Crippen molar-refractivity contribution < 1.29 is 18.4 Å². The van der Waals surface area contributed by atoms with Crippen LogP contribution >= 0.6 is 0 Å². The van der Waals surface area contributed by atoms with Gasteiger partial charge in [0.2, 0.25) is 8.41 Å². The maximum atomic E-state index is 13.1. The van der Waals surface area contributed by atoms with E-state index in [0.717, 1.165) is 0 Å². The highest BCUT2D eigenvalue weighted by atomic mass is 28.4. The third-order valence-corrected chi connectivity index (χ3v) is 3.19. The number of halogens is 1. The zero-order valence-electron chi connectivity index (χ0n) is 7.30. The van der Waals surface area contributed by atoms with E-state index in [9.17, 15) is 8.90 Å². The summed E-state index contributed by atoms with van der Waals surface area (Å²) >= 11 is 0. The SMILES string of the molecule is C[Si](C)(F)CCC1COC(=O)O1. The van der Waals surface area contributed by atoms with Crippen molar-refractivity contribution in [3.8, 4) is 0 Å². The molecule has 0 radical (unpaired) electrons. The molecule has 0 aromatic heterocycles. The molecule has 0 spiro atoms. The molecule has 1 rings (SSSR count). The summed E-state index contributed by atoms with van der Waals surface area (Å²) in [5.41, 5.74) is 0. The number of hydrogen-bond acceptors (Lipinski definition) is 3. The zero-order chi connectivity index (χ0) is 9.19. The van der Waals surface area contributed by atoms with Gasteiger partial charge in [-0.25, -0.2) is 4.79 Å². The molecule has 1 fully saturated rings. The van der Waals surface area contributed by atoms with Gasteiger partial charge in [-0.1, -0.05) is 0 Å². The lowest BCUT2D eigenvalue weighted by Crippen LogP contribution is -2.21. The fraction of sp³-hybridized carbons (Fsp3) is 0.857. The van der Waals surface area contributed by atoms with Crippen LogP contribution in [0.1, 0.15) is 6.42 Å². The van der Waals surface area contributed by atoms with E-state index in [1.165, 1.54) is 0 Å². The van der Waals surface area contributed by atoms with Crippen LogP contribution in [0.5, 0.6) is 0 Å². The lowest BCUT2D eigenvalue weighted by molar-refractivity contribution is 0.117. The van der Waals surface area contributed by atoms with E-state index in [1.807, 2.05) is 0 Å². The van der Waals surface area contributed by atoms with Crippen molar-refractivity contribution >= 4 is 14.6 Å². The Labute approximate surface area is 72.0 Å². The van der Waals surface area contributed by atoms with Crippen LogP contribution in [0.25, 0.3) is 0 Å². The maximum absolute atomic E-state index is 13.1. The molecular weight excluding hydrogens is 179 g/mol. The minimum absolute atomic E-state index is 0.222. The van der Waals surface area contributed by atoms with Crippen molar-refractivity contribution in [3.05, 3.63) is 0 Å². The Hall–Kier alpha value is -0.583. The number of cyclic esters (lactones) is 2. The second-order valence-electron chi connectivity index (χ2n) is 3.56. The third-order valence-electron chi connectivity index (χ3n) is 1.71. The Morgan fingerprint density at radius 3 is 2.75 bits per heavy atom. The molecule has 0 bridgehead atoms. The Morgan fingerprint density at radius 2 is 2.33 bits per heavy atom. The van der Waals surface area contributed by atoms with Crippen molar-refractivity contribution in [1.29, 1.82) is 0 Å². The third kappa shape index (κ3) is 3.21. The van der Waals surface area contributed by atoms with Crippen molar-refractivity contribution in [3.63, 3.8) is 0 Å². The molecule has 0 saturated carbocycles. The topological polar surface area (TPSA) is 35.5 Å². The maximum Gasteiger partial charge on any atom is 0.508 e. The summed E-state index contributed by atoms with van der Waals surface area (Å²) in [5, 5.41) is 0. The van der Waals surface area contributed by atoms with Crippen LogP contribution in [0.3, 0.4) is 0 Å². The van der Waals surface area contributed by atoms with Crippen LogP contribution < -0.4 is 0 Å². The fourth-order valence-electron chi connectivity index (χ4n) is 1.01. The molecule has 5 heteroatoms. The smallest absolute Gasteiger partial charge is 0.430 e. The van der Waals surface area contributed by atoms with Crippen LogP contribution in [-0.4, -0.2) is 27.3 Å². The zero-order valence-corrected chi connectivity index (χ0v) is 8.30. The van der Waals surface area contributed by atoms with Crippen LogP contribution in [0.2, 0.25) is 19.1 Å². The first-order valence-corrected chi connectivity index (χ1v) is 7.08. The van der Waals surface area contributed by atoms with Gasteiger partial charge in [0.15, 0.2) is 0 Å². The van der Waals surface area contributed by atoms with Crippen molar-refractivity contribution in [2.75, 3.05) is 6.61 Å².